The van der Waals surface area contributed by atoms with Crippen LogP contribution in [-0.4, -0.2) is 18.3 Å². The summed E-state index contributed by atoms with van der Waals surface area (Å²) in [6.07, 6.45) is 3.13. The molecule has 0 saturated heterocycles. The summed E-state index contributed by atoms with van der Waals surface area (Å²) in [5.74, 6) is 0. The van der Waals surface area contributed by atoms with Crippen LogP contribution in [0.1, 0.15) is 19.4 Å². The first-order chi connectivity index (χ1) is 7.72. The van der Waals surface area contributed by atoms with Gasteiger partial charge in [-0.05, 0) is 37.6 Å². The number of hydrogen-bond acceptors (Lipinski definition) is 2. The molecule has 1 unspecified atom stereocenters. The lowest BCUT2D eigenvalue weighted by Gasteiger charge is -2.14. The number of hydrogen-bond donors (Lipinski definition) is 1. The molecule has 2 N–H and O–H groups in total. The molecule has 0 aliphatic carbocycles. The summed E-state index contributed by atoms with van der Waals surface area (Å²) in [6.45, 7) is 2.99. The molecule has 1 aromatic carbocycles. The van der Waals surface area contributed by atoms with E-state index in [-0.39, 0.29) is 0 Å². The number of nitrogen functional groups attached to an aromatic ring is 1. The highest BCUT2D eigenvalue weighted by atomic mass is 16.5. The van der Waals surface area contributed by atoms with Gasteiger partial charge in [0.2, 0.25) is 0 Å². The molecule has 0 radical (unpaired) electrons. The fourth-order valence-corrected chi connectivity index (χ4v) is 1.99. The predicted molar refractivity (Wildman–Crippen MR) is 67.6 cm³/mol. The highest BCUT2D eigenvalue weighted by molar-refractivity contribution is 5.83. The highest BCUT2D eigenvalue weighted by Gasteiger charge is 2.07. The van der Waals surface area contributed by atoms with E-state index in [1.807, 2.05) is 12.1 Å². The molecular weight excluding hydrogens is 200 g/mol. The van der Waals surface area contributed by atoms with Crippen molar-refractivity contribution >= 4 is 16.6 Å². The molecule has 1 heterocycles. The zero-order valence-electron chi connectivity index (χ0n) is 9.81. The van der Waals surface area contributed by atoms with Crippen molar-refractivity contribution in [1.82, 2.24) is 4.57 Å². The minimum atomic E-state index is 0.445. The van der Waals surface area contributed by atoms with Crippen LogP contribution in [0.15, 0.2) is 30.5 Å². The summed E-state index contributed by atoms with van der Waals surface area (Å²) >= 11 is 0. The minimum absolute atomic E-state index is 0.445. The first-order valence-electron chi connectivity index (χ1n) is 5.57. The third kappa shape index (κ3) is 2.04. The molecule has 3 heteroatoms. The summed E-state index contributed by atoms with van der Waals surface area (Å²) in [7, 11) is 1.74. The maximum atomic E-state index is 5.76. The summed E-state index contributed by atoms with van der Waals surface area (Å²) < 4.78 is 7.38. The quantitative estimate of drug-likeness (QED) is 0.801. The van der Waals surface area contributed by atoms with E-state index in [1.165, 1.54) is 10.9 Å². The molecule has 2 rings (SSSR count). The third-order valence-electron chi connectivity index (χ3n) is 2.96. The molecule has 0 amide bonds. The number of benzene rings is 1. The van der Waals surface area contributed by atoms with Crippen LogP contribution < -0.4 is 5.73 Å². The number of rotatable bonds is 4. The summed E-state index contributed by atoms with van der Waals surface area (Å²) in [5.41, 5.74) is 7.81. The molecule has 0 fully saturated rings. The van der Waals surface area contributed by atoms with Crippen molar-refractivity contribution in [2.75, 3.05) is 19.5 Å². The van der Waals surface area contributed by atoms with Gasteiger partial charge in [0.25, 0.3) is 0 Å². The van der Waals surface area contributed by atoms with Crippen LogP contribution in [0.4, 0.5) is 5.69 Å². The van der Waals surface area contributed by atoms with Gasteiger partial charge in [-0.2, -0.15) is 0 Å². The Hall–Kier alpha value is -1.48. The largest absolute Gasteiger partial charge is 0.399 e. The maximum absolute atomic E-state index is 5.76. The van der Waals surface area contributed by atoms with Crippen molar-refractivity contribution in [3.63, 3.8) is 0 Å². The van der Waals surface area contributed by atoms with Crippen molar-refractivity contribution in [2.24, 2.45) is 0 Å². The van der Waals surface area contributed by atoms with E-state index in [0.29, 0.717) is 6.04 Å². The van der Waals surface area contributed by atoms with E-state index in [4.69, 9.17) is 10.5 Å². The lowest BCUT2D eigenvalue weighted by Crippen LogP contribution is -2.06. The average Bonchev–Trinajstić information content (AvgIpc) is 2.68. The summed E-state index contributed by atoms with van der Waals surface area (Å²) in [4.78, 5) is 0. The SMILES string of the molecule is COCCC(C)n1ccc2cc(N)ccc21. The molecule has 1 atom stereocenters. The Bertz CT molecular complexity index is 476. The Labute approximate surface area is 95.8 Å². The number of fused-ring (bicyclic) bond motifs is 1. The number of anilines is 1. The zero-order valence-corrected chi connectivity index (χ0v) is 9.81. The van der Waals surface area contributed by atoms with Crippen molar-refractivity contribution in [3.05, 3.63) is 30.5 Å². The molecule has 2 aromatic rings. The zero-order chi connectivity index (χ0) is 11.5. The third-order valence-corrected chi connectivity index (χ3v) is 2.96. The van der Waals surface area contributed by atoms with Gasteiger partial charge in [-0.15, -0.1) is 0 Å². The fraction of sp³-hybridized carbons (Fsp3) is 0.385. The Kier molecular flexibility index (Phi) is 3.15. The Morgan fingerprint density at radius 2 is 2.19 bits per heavy atom. The van der Waals surface area contributed by atoms with Gasteiger partial charge in [0.05, 0.1) is 0 Å². The van der Waals surface area contributed by atoms with Crippen molar-refractivity contribution in [3.8, 4) is 0 Å². The highest BCUT2D eigenvalue weighted by Crippen LogP contribution is 2.23. The van der Waals surface area contributed by atoms with Crippen LogP contribution in [0.3, 0.4) is 0 Å². The molecule has 0 saturated carbocycles. The average molecular weight is 218 g/mol. The number of methoxy groups -OCH3 is 1. The topological polar surface area (TPSA) is 40.2 Å². The fourth-order valence-electron chi connectivity index (χ4n) is 1.99. The van der Waals surface area contributed by atoms with Gasteiger partial charge in [-0.1, -0.05) is 0 Å². The second-order valence-electron chi connectivity index (χ2n) is 4.17. The molecule has 0 aliphatic rings. The van der Waals surface area contributed by atoms with Gasteiger partial charge >= 0.3 is 0 Å². The van der Waals surface area contributed by atoms with Gasteiger partial charge in [-0.25, -0.2) is 0 Å². The van der Waals surface area contributed by atoms with Crippen molar-refractivity contribution in [1.29, 1.82) is 0 Å². The molecule has 0 spiro atoms. The Morgan fingerprint density at radius 1 is 1.38 bits per heavy atom. The normalized spacial score (nSPS) is 13.1. The van der Waals surface area contributed by atoms with Crippen LogP contribution in [0.25, 0.3) is 10.9 Å². The van der Waals surface area contributed by atoms with Gasteiger partial charge in [-0.3, -0.25) is 0 Å². The lowest BCUT2D eigenvalue weighted by atomic mass is 10.2. The van der Waals surface area contributed by atoms with Gasteiger partial charge in [0, 0.05) is 42.5 Å². The first kappa shape index (κ1) is 11.0. The number of aromatic nitrogens is 1. The molecular formula is C13H18N2O. The van der Waals surface area contributed by atoms with Crippen LogP contribution >= 0.6 is 0 Å². The second kappa shape index (κ2) is 4.58. The van der Waals surface area contributed by atoms with Gasteiger partial charge < -0.3 is 15.0 Å². The standard InChI is InChI=1S/C13H18N2O/c1-10(6-8-16-2)15-7-5-11-9-12(14)3-4-13(11)15/h3-5,7,9-10H,6,8,14H2,1-2H3. The van der Waals surface area contributed by atoms with E-state index in [0.717, 1.165) is 18.7 Å². The Balaban J connectivity index is 2.31. The van der Waals surface area contributed by atoms with Gasteiger partial charge in [0.15, 0.2) is 0 Å². The van der Waals surface area contributed by atoms with E-state index in [9.17, 15) is 0 Å². The van der Waals surface area contributed by atoms with E-state index in [1.54, 1.807) is 7.11 Å². The number of nitrogens with zero attached hydrogens (tertiary/aromatic N) is 1. The smallest absolute Gasteiger partial charge is 0.0484 e. The molecule has 0 aliphatic heterocycles. The Morgan fingerprint density at radius 3 is 2.94 bits per heavy atom. The number of ether oxygens (including phenoxy) is 1. The lowest BCUT2D eigenvalue weighted by molar-refractivity contribution is 0.182. The van der Waals surface area contributed by atoms with Crippen molar-refractivity contribution < 1.29 is 4.74 Å². The van der Waals surface area contributed by atoms with Crippen LogP contribution in [-0.2, 0) is 4.74 Å². The van der Waals surface area contributed by atoms with E-state index >= 15 is 0 Å². The summed E-state index contributed by atoms with van der Waals surface area (Å²) in [6, 6.07) is 8.58. The van der Waals surface area contributed by atoms with Crippen molar-refractivity contribution in [2.45, 2.75) is 19.4 Å². The van der Waals surface area contributed by atoms with Crippen LogP contribution in [0.5, 0.6) is 0 Å². The monoisotopic (exact) mass is 218 g/mol. The maximum Gasteiger partial charge on any atom is 0.0484 e. The summed E-state index contributed by atoms with van der Waals surface area (Å²) in [5, 5.41) is 1.20. The molecule has 0 bridgehead atoms. The minimum Gasteiger partial charge on any atom is -0.399 e. The first-order valence-corrected chi connectivity index (χ1v) is 5.57. The molecule has 3 nitrogen and oxygen atoms in total. The van der Waals surface area contributed by atoms with Crippen LogP contribution in [0.2, 0.25) is 0 Å². The predicted octanol–water partition coefficient (Wildman–Crippen LogP) is 2.82. The molecule has 86 valence electrons. The van der Waals surface area contributed by atoms with E-state index in [2.05, 4.69) is 29.8 Å². The van der Waals surface area contributed by atoms with E-state index < -0.39 is 0 Å². The van der Waals surface area contributed by atoms with Crippen LogP contribution in [0, 0.1) is 0 Å². The molecule has 1 aromatic heterocycles. The molecule has 16 heavy (non-hydrogen) atoms. The number of nitrogens with two attached hydrogens (primary N) is 1. The second-order valence-corrected chi connectivity index (χ2v) is 4.17. The van der Waals surface area contributed by atoms with Gasteiger partial charge in [0.1, 0.15) is 0 Å².